The zero-order chi connectivity index (χ0) is 13.3. The highest BCUT2D eigenvalue weighted by atomic mass is 16.4. The molecule has 2 rings (SSSR count). The van der Waals surface area contributed by atoms with Gasteiger partial charge in [-0.2, -0.15) is 0 Å². The summed E-state index contributed by atoms with van der Waals surface area (Å²) in [7, 11) is 0. The molecule has 1 aromatic carbocycles. The third-order valence-corrected chi connectivity index (χ3v) is 3.98. The first-order valence-electron chi connectivity index (χ1n) is 6.58. The SMILES string of the molecule is CCC(NC1CC1C)(C(=O)O)c1ccc(C)cc1. The van der Waals surface area contributed by atoms with Crippen molar-refractivity contribution in [3.05, 3.63) is 35.4 Å². The summed E-state index contributed by atoms with van der Waals surface area (Å²) < 4.78 is 0. The van der Waals surface area contributed by atoms with E-state index in [0.29, 0.717) is 18.4 Å². The van der Waals surface area contributed by atoms with E-state index in [4.69, 9.17) is 0 Å². The molecule has 98 valence electrons. The molecule has 18 heavy (non-hydrogen) atoms. The van der Waals surface area contributed by atoms with Crippen LogP contribution in [0.3, 0.4) is 0 Å². The molecule has 0 aliphatic heterocycles. The van der Waals surface area contributed by atoms with Gasteiger partial charge in [0.1, 0.15) is 5.54 Å². The van der Waals surface area contributed by atoms with Gasteiger partial charge in [-0.25, -0.2) is 4.79 Å². The predicted octanol–water partition coefficient (Wildman–Crippen LogP) is 2.68. The van der Waals surface area contributed by atoms with Gasteiger partial charge in [-0.3, -0.25) is 5.32 Å². The lowest BCUT2D eigenvalue weighted by Crippen LogP contribution is -2.50. The van der Waals surface area contributed by atoms with Gasteiger partial charge in [-0.15, -0.1) is 0 Å². The topological polar surface area (TPSA) is 49.3 Å². The Morgan fingerprint density at radius 3 is 2.39 bits per heavy atom. The minimum Gasteiger partial charge on any atom is -0.480 e. The number of carboxylic acids is 1. The molecule has 0 radical (unpaired) electrons. The molecule has 0 amide bonds. The largest absolute Gasteiger partial charge is 0.480 e. The summed E-state index contributed by atoms with van der Waals surface area (Å²) in [6.45, 7) is 6.08. The molecule has 1 aliphatic rings. The fraction of sp³-hybridized carbons (Fsp3) is 0.533. The van der Waals surface area contributed by atoms with Crippen LogP contribution in [0.1, 0.15) is 37.8 Å². The van der Waals surface area contributed by atoms with E-state index in [1.807, 2.05) is 38.1 Å². The normalized spacial score (nSPS) is 25.5. The van der Waals surface area contributed by atoms with Gasteiger partial charge < -0.3 is 5.11 Å². The van der Waals surface area contributed by atoms with Crippen molar-refractivity contribution in [2.75, 3.05) is 0 Å². The quantitative estimate of drug-likeness (QED) is 0.841. The number of carboxylic acid groups (broad SMARTS) is 1. The molecular formula is C15H21NO2. The monoisotopic (exact) mass is 247 g/mol. The molecule has 0 bridgehead atoms. The average molecular weight is 247 g/mol. The van der Waals surface area contributed by atoms with Gasteiger partial charge in [0.15, 0.2) is 0 Å². The summed E-state index contributed by atoms with van der Waals surface area (Å²) in [5.41, 5.74) is 1.06. The zero-order valence-electron chi connectivity index (χ0n) is 11.2. The van der Waals surface area contributed by atoms with Gasteiger partial charge in [-0.1, -0.05) is 43.7 Å². The van der Waals surface area contributed by atoms with Crippen LogP contribution >= 0.6 is 0 Å². The number of nitrogens with one attached hydrogen (secondary N) is 1. The Hall–Kier alpha value is -1.35. The minimum absolute atomic E-state index is 0.336. The predicted molar refractivity (Wildman–Crippen MR) is 71.5 cm³/mol. The van der Waals surface area contributed by atoms with E-state index in [0.717, 1.165) is 17.5 Å². The number of carbonyl (C=O) groups is 1. The maximum Gasteiger partial charge on any atom is 0.328 e. The van der Waals surface area contributed by atoms with E-state index in [1.165, 1.54) is 0 Å². The van der Waals surface area contributed by atoms with Gasteiger partial charge in [0.25, 0.3) is 0 Å². The van der Waals surface area contributed by atoms with Crippen LogP contribution in [-0.2, 0) is 10.3 Å². The second-order valence-corrected chi connectivity index (χ2v) is 5.39. The van der Waals surface area contributed by atoms with Crippen molar-refractivity contribution in [2.24, 2.45) is 5.92 Å². The molecular weight excluding hydrogens is 226 g/mol. The Labute approximate surface area is 108 Å². The van der Waals surface area contributed by atoms with Crippen LogP contribution in [-0.4, -0.2) is 17.1 Å². The molecule has 1 fully saturated rings. The Morgan fingerprint density at radius 1 is 1.44 bits per heavy atom. The van der Waals surface area contributed by atoms with Crippen LogP contribution in [0.15, 0.2) is 24.3 Å². The third kappa shape index (κ3) is 2.27. The Balaban J connectivity index is 2.33. The lowest BCUT2D eigenvalue weighted by atomic mass is 9.86. The molecule has 1 aromatic rings. The number of hydrogen-bond donors (Lipinski definition) is 2. The average Bonchev–Trinajstić information content (AvgIpc) is 3.02. The van der Waals surface area contributed by atoms with Crippen LogP contribution in [0.4, 0.5) is 0 Å². The van der Waals surface area contributed by atoms with Gasteiger partial charge >= 0.3 is 5.97 Å². The Kier molecular flexibility index (Phi) is 3.44. The molecule has 1 aliphatic carbocycles. The zero-order valence-corrected chi connectivity index (χ0v) is 11.2. The van der Waals surface area contributed by atoms with Crippen LogP contribution in [0.25, 0.3) is 0 Å². The molecule has 0 heterocycles. The van der Waals surface area contributed by atoms with Crippen molar-refractivity contribution in [3.63, 3.8) is 0 Å². The van der Waals surface area contributed by atoms with E-state index >= 15 is 0 Å². The summed E-state index contributed by atoms with van der Waals surface area (Å²) >= 11 is 0. The Bertz CT molecular complexity index is 440. The summed E-state index contributed by atoms with van der Waals surface area (Å²) in [6.07, 6.45) is 1.62. The summed E-state index contributed by atoms with van der Waals surface area (Å²) in [4.78, 5) is 11.7. The summed E-state index contributed by atoms with van der Waals surface area (Å²) in [6, 6.07) is 8.13. The van der Waals surface area contributed by atoms with Gasteiger partial charge in [-0.05, 0) is 31.2 Å². The second-order valence-electron chi connectivity index (χ2n) is 5.39. The van der Waals surface area contributed by atoms with Crippen LogP contribution < -0.4 is 5.32 Å². The lowest BCUT2D eigenvalue weighted by Gasteiger charge is -2.30. The fourth-order valence-electron chi connectivity index (χ4n) is 2.40. The van der Waals surface area contributed by atoms with Crippen molar-refractivity contribution in [3.8, 4) is 0 Å². The van der Waals surface area contributed by atoms with Gasteiger partial charge in [0.05, 0.1) is 0 Å². The van der Waals surface area contributed by atoms with Gasteiger partial charge in [0, 0.05) is 6.04 Å². The van der Waals surface area contributed by atoms with Crippen molar-refractivity contribution in [1.29, 1.82) is 0 Å². The number of rotatable bonds is 5. The molecule has 3 atom stereocenters. The maximum absolute atomic E-state index is 11.7. The van der Waals surface area contributed by atoms with Crippen LogP contribution in [0.5, 0.6) is 0 Å². The highest BCUT2D eigenvalue weighted by Crippen LogP contribution is 2.36. The van der Waals surface area contributed by atoms with Crippen molar-refractivity contribution < 1.29 is 9.90 Å². The first-order valence-corrected chi connectivity index (χ1v) is 6.58. The van der Waals surface area contributed by atoms with E-state index in [-0.39, 0.29) is 0 Å². The van der Waals surface area contributed by atoms with Crippen LogP contribution in [0, 0.1) is 12.8 Å². The second kappa shape index (κ2) is 4.73. The van der Waals surface area contributed by atoms with E-state index in [1.54, 1.807) is 0 Å². The highest BCUT2D eigenvalue weighted by molar-refractivity contribution is 5.81. The first-order chi connectivity index (χ1) is 8.49. The molecule has 3 unspecified atom stereocenters. The van der Waals surface area contributed by atoms with Gasteiger partial charge in [0.2, 0.25) is 0 Å². The highest BCUT2D eigenvalue weighted by Gasteiger charge is 2.45. The molecule has 1 saturated carbocycles. The number of aliphatic carboxylic acids is 1. The molecule has 0 aromatic heterocycles. The molecule has 3 heteroatoms. The Morgan fingerprint density at radius 2 is 2.00 bits per heavy atom. The first kappa shape index (κ1) is 13.1. The molecule has 2 N–H and O–H groups in total. The van der Waals surface area contributed by atoms with Crippen molar-refractivity contribution >= 4 is 5.97 Å². The lowest BCUT2D eigenvalue weighted by molar-refractivity contribution is -0.145. The molecule has 0 saturated heterocycles. The van der Waals surface area contributed by atoms with Crippen LogP contribution in [0.2, 0.25) is 0 Å². The summed E-state index contributed by atoms with van der Waals surface area (Å²) in [5, 5.41) is 13.0. The van der Waals surface area contributed by atoms with E-state index in [9.17, 15) is 9.90 Å². The number of aryl methyl sites for hydroxylation is 1. The fourth-order valence-corrected chi connectivity index (χ4v) is 2.40. The standard InChI is InChI=1S/C15H21NO2/c1-4-15(14(17)18,16-13-9-11(13)3)12-7-5-10(2)6-8-12/h5-8,11,13,16H,4,9H2,1-3H3,(H,17,18). The third-order valence-electron chi connectivity index (χ3n) is 3.98. The maximum atomic E-state index is 11.7. The minimum atomic E-state index is -0.941. The molecule has 0 spiro atoms. The van der Waals surface area contributed by atoms with E-state index < -0.39 is 11.5 Å². The van der Waals surface area contributed by atoms with Crippen molar-refractivity contribution in [1.82, 2.24) is 5.32 Å². The van der Waals surface area contributed by atoms with E-state index in [2.05, 4.69) is 12.2 Å². The smallest absolute Gasteiger partial charge is 0.328 e. The number of benzene rings is 1. The van der Waals surface area contributed by atoms with Crippen molar-refractivity contribution in [2.45, 2.75) is 45.2 Å². The molecule has 3 nitrogen and oxygen atoms in total. The number of hydrogen-bond acceptors (Lipinski definition) is 2. The summed E-state index contributed by atoms with van der Waals surface area (Å²) in [5.74, 6) is -0.200.